The zero-order chi connectivity index (χ0) is 21.4. The maximum atomic E-state index is 12.6. The number of carbonyl (C=O) groups excluding carboxylic acids is 2. The summed E-state index contributed by atoms with van der Waals surface area (Å²) in [7, 11) is 0. The second kappa shape index (κ2) is 8.23. The van der Waals surface area contributed by atoms with Crippen molar-refractivity contribution in [1.82, 2.24) is 15.6 Å². The first-order valence-corrected chi connectivity index (χ1v) is 10.8. The topological polar surface area (TPSA) is 93.5 Å². The number of aromatic nitrogens is 1. The average molecular weight is 440 g/mol. The number of hydrogen-bond donors (Lipinski definition) is 2. The monoisotopic (exact) mass is 439 g/mol. The van der Waals surface area contributed by atoms with Crippen LogP contribution in [0.15, 0.2) is 47.1 Å². The summed E-state index contributed by atoms with van der Waals surface area (Å²) < 4.78 is 11.4. The van der Waals surface area contributed by atoms with Crippen molar-refractivity contribution >= 4 is 34.4 Å². The molecule has 1 aromatic carbocycles. The minimum Gasteiger partial charge on any atom is -0.478 e. The van der Waals surface area contributed by atoms with Crippen LogP contribution in [0.4, 0.5) is 0 Å². The quantitative estimate of drug-likeness (QED) is 0.647. The Kier molecular flexibility index (Phi) is 5.28. The number of pyridine rings is 1. The van der Waals surface area contributed by atoms with Crippen molar-refractivity contribution in [2.24, 2.45) is 0 Å². The SMILES string of the molecule is O=C(NC1CCC(NC(=O)C2Cc3ccncc3O2)CC1)c1cc2cc(Cl)ccc2o1. The van der Waals surface area contributed by atoms with E-state index in [9.17, 15) is 9.59 Å². The third kappa shape index (κ3) is 4.23. The van der Waals surface area contributed by atoms with Gasteiger partial charge in [-0.25, -0.2) is 0 Å². The first kappa shape index (κ1) is 19.9. The van der Waals surface area contributed by atoms with Crippen LogP contribution in [0.5, 0.6) is 5.75 Å². The lowest BCUT2D eigenvalue weighted by atomic mass is 9.91. The predicted molar refractivity (Wildman–Crippen MR) is 115 cm³/mol. The van der Waals surface area contributed by atoms with Gasteiger partial charge in [-0.05, 0) is 56.0 Å². The van der Waals surface area contributed by atoms with Gasteiger partial charge in [-0.1, -0.05) is 11.6 Å². The molecule has 1 fully saturated rings. The minimum absolute atomic E-state index is 0.0514. The average Bonchev–Trinajstić information content (AvgIpc) is 3.39. The summed E-state index contributed by atoms with van der Waals surface area (Å²) in [6.45, 7) is 0. The Morgan fingerprint density at radius 2 is 1.81 bits per heavy atom. The van der Waals surface area contributed by atoms with E-state index < -0.39 is 6.10 Å². The Morgan fingerprint density at radius 1 is 1.03 bits per heavy atom. The van der Waals surface area contributed by atoms with Crippen molar-refractivity contribution in [3.63, 3.8) is 0 Å². The van der Waals surface area contributed by atoms with E-state index in [4.69, 9.17) is 20.8 Å². The molecular formula is C23H22ClN3O4. The van der Waals surface area contributed by atoms with E-state index in [0.717, 1.165) is 36.6 Å². The van der Waals surface area contributed by atoms with Crippen molar-refractivity contribution in [2.75, 3.05) is 0 Å². The molecule has 2 amide bonds. The van der Waals surface area contributed by atoms with Crippen LogP contribution in [0, 0.1) is 0 Å². The number of rotatable bonds is 4. The Balaban J connectivity index is 1.11. The van der Waals surface area contributed by atoms with E-state index in [2.05, 4.69) is 15.6 Å². The predicted octanol–water partition coefficient (Wildman–Crippen LogP) is 3.64. The highest BCUT2D eigenvalue weighted by molar-refractivity contribution is 6.31. The molecule has 5 rings (SSSR count). The molecule has 2 aromatic heterocycles. The van der Waals surface area contributed by atoms with Gasteiger partial charge in [-0.2, -0.15) is 0 Å². The van der Waals surface area contributed by atoms with Gasteiger partial charge in [-0.15, -0.1) is 0 Å². The van der Waals surface area contributed by atoms with E-state index in [0.29, 0.717) is 22.8 Å². The lowest BCUT2D eigenvalue weighted by Crippen LogP contribution is -2.47. The Bertz CT molecular complexity index is 1110. The van der Waals surface area contributed by atoms with E-state index in [1.165, 1.54) is 0 Å². The highest BCUT2D eigenvalue weighted by Gasteiger charge is 2.32. The van der Waals surface area contributed by atoms with Gasteiger partial charge < -0.3 is 19.8 Å². The summed E-state index contributed by atoms with van der Waals surface area (Å²) in [5.74, 6) is 0.636. The third-order valence-corrected chi connectivity index (χ3v) is 6.18. The molecule has 3 heterocycles. The van der Waals surface area contributed by atoms with Gasteiger partial charge in [0.1, 0.15) is 11.3 Å². The smallest absolute Gasteiger partial charge is 0.287 e. The van der Waals surface area contributed by atoms with Crippen LogP contribution in [0.3, 0.4) is 0 Å². The molecule has 31 heavy (non-hydrogen) atoms. The summed E-state index contributed by atoms with van der Waals surface area (Å²) in [4.78, 5) is 29.2. The third-order valence-electron chi connectivity index (χ3n) is 5.95. The number of furan rings is 1. The van der Waals surface area contributed by atoms with Crippen molar-refractivity contribution in [3.8, 4) is 5.75 Å². The van der Waals surface area contributed by atoms with Crippen LogP contribution >= 0.6 is 11.6 Å². The van der Waals surface area contributed by atoms with Crippen molar-refractivity contribution in [3.05, 3.63) is 59.1 Å². The number of ether oxygens (including phenoxy) is 1. The molecule has 7 nitrogen and oxygen atoms in total. The zero-order valence-corrected chi connectivity index (χ0v) is 17.5. The van der Waals surface area contributed by atoms with E-state index in [1.54, 1.807) is 36.7 Å². The van der Waals surface area contributed by atoms with Gasteiger partial charge in [0, 0.05) is 40.7 Å². The number of nitrogens with one attached hydrogen (secondary N) is 2. The molecule has 1 unspecified atom stereocenters. The normalized spacial score (nSPS) is 22.5. The van der Waals surface area contributed by atoms with Gasteiger partial charge >= 0.3 is 0 Å². The summed E-state index contributed by atoms with van der Waals surface area (Å²) in [5, 5.41) is 7.54. The van der Waals surface area contributed by atoms with Gasteiger partial charge in [0.05, 0.1) is 6.20 Å². The number of benzene rings is 1. The molecule has 1 atom stereocenters. The summed E-state index contributed by atoms with van der Waals surface area (Å²) in [6.07, 6.45) is 6.60. The van der Waals surface area contributed by atoms with Crippen molar-refractivity contribution in [2.45, 2.75) is 50.3 Å². The number of carbonyl (C=O) groups is 2. The number of nitrogens with zero attached hydrogens (tertiary/aromatic N) is 1. The molecular weight excluding hydrogens is 418 g/mol. The molecule has 8 heteroatoms. The first-order chi connectivity index (χ1) is 15.0. The minimum atomic E-state index is -0.502. The highest BCUT2D eigenvalue weighted by atomic mass is 35.5. The van der Waals surface area contributed by atoms with Crippen molar-refractivity contribution in [1.29, 1.82) is 0 Å². The molecule has 2 aliphatic rings. The molecule has 1 saturated carbocycles. The summed E-state index contributed by atoms with van der Waals surface area (Å²) in [5.41, 5.74) is 1.64. The molecule has 160 valence electrons. The number of fused-ring (bicyclic) bond motifs is 2. The molecule has 1 aliphatic heterocycles. The van der Waals surface area contributed by atoms with Crippen LogP contribution < -0.4 is 15.4 Å². The molecule has 1 aliphatic carbocycles. The lowest BCUT2D eigenvalue weighted by molar-refractivity contribution is -0.128. The first-order valence-electron chi connectivity index (χ1n) is 10.4. The highest BCUT2D eigenvalue weighted by Crippen LogP contribution is 2.28. The molecule has 0 bridgehead atoms. The standard InChI is InChI=1S/C23H22ClN3O4/c24-15-1-6-18-14(9-15)11-20(30-18)23(29)27-17-4-2-16(3-5-17)26-22(28)19-10-13-7-8-25-12-21(13)31-19/h1,6-9,11-12,16-17,19H,2-5,10H2,(H,26,28)(H,27,29). The fourth-order valence-electron chi connectivity index (χ4n) is 4.28. The fraction of sp³-hybridized carbons (Fsp3) is 0.348. The second-order valence-electron chi connectivity index (χ2n) is 8.12. The van der Waals surface area contributed by atoms with Gasteiger partial charge in [0.15, 0.2) is 11.9 Å². The van der Waals surface area contributed by atoms with Gasteiger partial charge in [-0.3, -0.25) is 14.6 Å². The molecule has 0 saturated heterocycles. The number of halogens is 1. The Hall–Kier alpha value is -3.06. The maximum absolute atomic E-state index is 12.6. The Morgan fingerprint density at radius 3 is 2.58 bits per heavy atom. The van der Waals surface area contributed by atoms with Crippen molar-refractivity contribution < 1.29 is 18.7 Å². The van der Waals surface area contributed by atoms with Crippen LogP contribution in [0.25, 0.3) is 11.0 Å². The Labute approximate surface area is 184 Å². The van der Waals surface area contributed by atoms with Gasteiger partial charge in [0.2, 0.25) is 0 Å². The van der Waals surface area contributed by atoms with Crippen LogP contribution in [0.1, 0.15) is 41.8 Å². The van der Waals surface area contributed by atoms with Crippen LogP contribution in [0.2, 0.25) is 5.02 Å². The zero-order valence-electron chi connectivity index (χ0n) is 16.8. The molecule has 3 aromatic rings. The number of amides is 2. The van der Waals surface area contributed by atoms with Crippen LogP contribution in [-0.4, -0.2) is 35.0 Å². The van der Waals surface area contributed by atoms with E-state index >= 15 is 0 Å². The summed E-state index contributed by atoms with van der Waals surface area (Å²) >= 11 is 6.00. The second-order valence-corrected chi connectivity index (χ2v) is 8.55. The largest absolute Gasteiger partial charge is 0.478 e. The molecule has 2 N–H and O–H groups in total. The van der Waals surface area contributed by atoms with E-state index in [1.807, 2.05) is 6.07 Å². The molecule has 0 radical (unpaired) electrons. The summed E-state index contributed by atoms with van der Waals surface area (Å²) in [6, 6.07) is 8.98. The molecule has 0 spiro atoms. The lowest BCUT2D eigenvalue weighted by Gasteiger charge is -2.30. The number of hydrogen-bond acceptors (Lipinski definition) is 5. The fourth-order valence-corrected chi connectivity index (χ4v) is 4.46. The van der Waals surface area contributed by atoms with E-state index in [-0.39, 0.29) is 29.7 Å². The van der Waals surface area contributed by atoms with Gasteiger partial charge in [0.25, 0.3) is 11.8 Å². The van der Waals surface area contributed by atoms with Crippen LogP contribution in [-0.2, 0) is 11.2 Å². The maximum Gasteiger partial charge on any atom is 0.287 e.